The monoisotopic (exact) mass is 219 g/mol. The highest BCUT2D eigenvalue weighted by molar-refractivity contribution is 8.00. The number of thioether (sulfide) groups is 1. The highest BCUT2D eigenvalue weighted by Crippen LogP contribution is 2.40. The number of hydrogen-bond acceptors (Lipinski definition) is 3. The molecular formula is C7H6ClNO3S. The molecule has 1 fully saturated rings. The van der Waals surface area contributed by atoms with Gasteiger partial charge in [-0.25, -0.2) is 4.79 Å². The number of hydrogen-bond donors (Lipinski definition) is 1. The number of aliphatic carboxylic acids is 1. The Labute approximate surface area is 83.5 Å². The summed E-state index contributed by atoms with van der Waals surface area (Å²) in [5, 5.41) is 9.04. The molecule has 1 atom stereocenters. The third-order valence-corrected chi connectivity index (χ3v) is 3.70. The van der Waals surface area contributed by atoms with Gasteiger partial charge in [0.2, 0.25) is 5.91 Å². The second-order valence-corrected chi connectivity index (χ2v) is 4.41. The Morgan fingerprint density at radius 2 is 2.38 bits per heavy atom. The van der Waals surface area contributed by atoms with E-state index < -0.39 is 5.97 Å². The van der Waals surface area contributed by atoms with Crippen molar-refractivity contribution in [3.63, 3.8) is 0 Å². The molecule has 1 N–H and O–H groups in total. The number of carbonyl (C=O) groups is 2. The van der Waals surface area contributed by atoms with E-state index in [0.29, 0.717) is 12.2 Å². The van der Waals surface area contributed by atoms with Crippen LogP contribution in [0.1, 0.15) is 6.42 Å². The lowest BCUT2D eigenvalue weighted by Crippen LogP contribution is -2.53. The molecule has 0 aromatic carbocycles. The lowest BCUT2D eigenvalue weighted by Gasteiger charge is -2.42. The minimum Gasteiger partial charge on any atom is -0.477 e. The second-order valence-electron chi connectivity index (χ2n) is 2.79. The molecule has 1 saturated heterocycles. The fourth-order valence-electron chi connectivity index (χ4n) is 1.38. The van der Waals surface area contributed by atoms with Crippen LogP contribution in [0.25, 0.3) is 0 Å². The quantitative estimate of drug-likeness (QED) is 0.664. The van der Waals surface area contributed by atoms with Crippen LogP contribution in [-0.2, 0) is 9.59 Å². The molecule has 0 bridgehead atoms. The summed E-state index contributed by atoms with van der Waals surface area (Å²) in [6.07, 6.45) is 0.422. The minimum absolute atomic E-state index is 0.0129. The number of rotatable bonds is 1. The fraction of sp³-hybridized carbons (Fsp3) is 0.429. The van der Waals surface area contributed by atoms with E-state index in [2.05, 4.69) is 0 Å². The Morgan fingerprint density at radius 3 is 2.85 bits per heavy atom. The number of amides is 1. The highest BCUT2D eigenvalue weighted by atomic mass is 35.5. The van der Waals surface area contributed by atoms with E-state index in [4.69, 9.17) is 16.7 Å². The molecule has 0 aromatic rings. The first-order valence-electron chi connectivity index (χ1n) is 3.67. The van der Waals surface area contributed by atoms with Gasteiger partial charge in [-0.2, -0.15) is 0 Å². The zero-order valence-corrected chi connectivity index (χ0v) is 8.06. The average molecular weight is 220 g/mol. The molecule has 1 amide bonds. The van der Waals surface area contributed by atoms with E-state index in [1.165, 1.54) is 16.7 Å². The maximum atomic E-state index is 11.1. The Hall–Kier alpha value is -0.680. The number of carbonyl (C=O) groups excluding carboxylic acids is 1. The topological polar surface area (TPSA) is 57.6 Å². The van der Waals surface area contributed by atoms with E-state index in [1.807, 2.05) is 0 Å². The summed E-state index contributed by atoms with van der Waals surface area (Å²) in [6.45, 7) is 0. The number of fused-ring (bicyclic) bond motifs is 1. The largest absolute Gasteiger partial charge is 0.477 e. The van der Waals surface area contributed by atoms with Crippen molar-refractivity contribution in [3.8, 4) is 0 Å². The smallest absolute Gasteiger partial charge is 0.353 e. The first-order chi connectivity index (χ1) is 6.11. The lowest BCUT2D eigenvalue weighted by atomic mass is 10.1. The molecule has 2 aliphatic heterocycles. The molecule has 0 radical (unpaired) electrons. The Bertz CT molecular complexity index is 328. The summed E-state index contributed by atoms with van der Waals surface area (Å²) in [6, 6.07) is 0. The zero-order valence-electron chi connectivity index (χ0n) is 6.49. The van der Waals surface area contributed by atoms with Crippen LogP contribution in [-0.4, -0.2) is 33.0 Å². The number of carboxylic acids is 1. The predicted octanol–water partition coefficient (Wildman–Crippen LogP) is 0.827. The highest BCUT2D eigenvalue weighted by Gasteiger charge is 2.44. The van der Waals surface area contributed by atoms with Crippen molar-refractivity contribution >= 4 is 35.2 Å². The Balaban J connectivity index is 2.37. The van der Waals surface area contributed by atoms with E-state index >= 15 is 0 Å². The molecule has 4 nitrogen and oxygen atoms in total. The third kappa shape index (κ3) is 1.23. The van der Waals surface area contributed by atoms with Crippen LogP contribution in [0, 0.1) is 0 Å². The van der Waals surface area contributed by atoms with Crippen molar-refractivity contribution in [3.05, 3.63) is 10.7 Å². The SMILES string of the molecule is O=C(O)C1=C(Cl)CSC2CC(=O)N12. The molecule has 0 aliphatic carbocycles. The van der Waals surface area contributed by atoms with Crippen LogP contribution in [0.15, 0.2) is 10.7 Å². The van der Waals surface area contributed by atoms with Gasteiger partial charge in [0, 0.05) is 5.75 Å². The molecule has 2 aliphatic rings. The second kappa shape index (κ2) is 2.92. The van der Waals surface area contributed by atoms with Gasteiger partial charge >= 0.3 is 5.97 Å². The van der Waals surface area contributed by atoms with E-state index in [1.54, 1.807) is 0 Å². The first kappa shape index (κ1) is 8.90. The molecule has 0 saturated carbocycles. The predicted molar refractivity (Wildman–Crippen MR) is 48.2 cm³/mol. The maximum Gasteiger partial charge on any atom is 0.353 e. The maximum absolute atomic E-state index is 11.1. The van der Waals surface area contributed by atoms with Gasteiger partial charge in [0.25, 0.3) is 0 Å². The van der Waals surface area contributed by atoms with Gasteiger partial charge in [-0.15, -0.1) is 11.8 Å². The lowest BCUT2D eigenvalue weighted by molar-refractivity contribution is -0.146. The molecule has 1 unspecified atom stereocenters. The molecule has 0 aromatic heterocycles. The molecule has 70 valence electrons. The molecule has 6 heteroatoms. The van der Waals surface area contributed by atoms with Crippen LogP contribution in [0.5, 0.6) is 0 Å². The van der Waals surface area contributed by atoms with Gasteiger partial charge in [-0.05, 0) is 0 Å². The van der Waals surface area contributed by atoms with Crippen LogP contribution in [0.3, 0.4) is 0 Å². The van der Waals surface area contributed by atoms with Crippen molar-refractivity contribution < 1.29 is 14.7 Å². The summed E-state index contributed by atoms with van der Waals surface area (Å²) in [5.74, 6) is -0.798. The van der Waals surface area contributed by atoms with E-state index in [-0.39, 0.29) is 22.0 Å². The van der Waals surface area contributed by atoms with Crippen molar-refractivity contribution in [1.82, 2.24) is 4.90 Å². The normalized spacial score (nSPS) is 27.0. The summed E-state index contributed by atoms with van der Waals surface area (Å²) in [4.78, 5) is 23.1. The Kier molecular flexibility index (Phi) is 2.00. The van der Waals surface area contributed by atoms with Crippen LogP contribution >= 0.6 is 23.4 Å². The van der Waals surface area contributed by atoms with Crippen molar-refractivity contribution in [1.29, 1.82) is 0 Å². The van der Waals surface area contributed by atoms with Crippen molar-refractivity contribution in [2.75, 3.05) is 5.75 Å². The van der Waals surface area contributed by atoms with E-state index in [9.17, 15) is 9.59 Å². The summed E-state index contributed by atoms with van der Waals surface area (Å²) in [5.41, 5.74) is -0.0401. The molecular weight excluding hydrogens is 214 g/mol. The van der Waals surface area contributed by atoms with Crippen molar-refractivity contribution in [2.24, 2.45) is 0 Å². The van der Waals surface area contributed by atoms with Crippen molar-refractivity contribution in [2.45, 2.75) is 11.8 Å². The van der Waals surface area contributed by atoms with Gasteiger partial charge in [0.1, 0.15) is 5.70 Å². The van der Waals surface area contributed by atoms with E-state index in [0.717, 1.165) is 0 Å². The number of halogens is 1. The standard InChI is InChI=1S/C7H6ClNO3S/c8-3-2-13-5-1-4(10)9(5)6(3)7(11)12/h5H,1-2H2,(H,11,12). The zero-order chi connectivity index (χ0) is 9.59. The molecule has 2 rings (SSSR count). The van der Waals surface area contributed by atoms with Gasteiger partial charge in [0.05, 0.1) is 16.8 Å². The number of β-lactam (4-membered cyclic amide) rings is 1. The third-order valence-electron chi connectivity index (χ3n) is 2.01. The molecule has 13 heavy (non-hydrogen) atoms. The Morgan fingerprint density at radius 1 is 1.69 bits per heavy atom. The van der Waals surface area contributed by atoms with Crippen LogP contribution in [0.2, 0.25) is 0 Å². The summed E-state index contributed by atoms with van der Waals surface area (Å²) in [7, 11) is 0. The first-order valence-corrected chi connectivity index (χ1v) is 5.09. The van der Waals surface area contributed by atoms with Gasteiger partial charge < -0.3 is 5.11 Å². The average Bonchev–Trinajstić information content (AvgIpc) is 2.05. The summed E-state index contributed by atoms with van der Waals surface area (Å²) >= 11 is 7.22. The summed E-state index contributed by atoms with van der Waals surface area (Å²) < 4.78 is 0. The number of carboxylic acid groups (broad SMARTS) is 1. The number of nitrogens with zero attached hydrogens (tertiary/aromatic N) is 1. The fourth-order valence-corrected chi connectivity index (χ4v) is 2.85. The van der Waals surface area contributed by atoms with Crippen LogP contribution < -0.4 is 0 Å². The van der Waals surface area contributed by atoms with Gasteiger partial charge in [-0.3, -0.25) is 9.69 Å². The minimum atomic E-state index is -1.12. The molecule has 2 heterocycles. The molecule has 0 spiro atoms. The van der Waals surface area contributed by atoms with Gasteiger partial charge in [-0.1, -0.05) is 11.6 Å². The van der Waals surface area contributed by atoms with Gasteiger partial charge in [0.15, 0.2) is 0 Å². The van der Waals surface area contributed by atoms with Crippen LogP contribution in [0.4, 0.5) is 0 Å².